The summed E-state index contributed by atoms with van der Waals surface area (Å²) in [6.07, 6.45) is 0. The maximum Gasteiger partial charge on any atom is 0.130 e. The van der Waals surface area contributed by atoms with Crippen LogP contribution in [0.5, 0.6) is 5.75 Å². The van der Waals surface area contributed by atoms with Gasteiger partial charge in [-0.2, -0.15) is 0 Å². The molecule has 0 bridgehead atoms. The van der Waals surface area contributed by atoms with Gasteiger partial charge in [0.2, 0.25) is 0 Å². The molecule has 3 N–H and O–H groups in total. The highest BCUT2D eigenvalue weighted by Crippen LogP contribution is 2.31. The second-order valence-corrected chi connectivity index (χ2v) is 4.69. The Balaban J connectivity index is 3.32. The summed E-state index contributed by atoms with van der Waals surface area (Å²) in [6, 6.07) is 3.58. The van der Waals surface area contributed by atoms with Gasteiger partial charge in [-0.15, -0.1) is 0 Å². The minimum Gasteiger partial charge on any atom is -0.507 e. The van der Waals surface area contributed by atoms with E-state index in [4.69, 9.17) is 5.73 Å². The first-order valence-corrected chi connectivity index (χ1v) is 4.90. The molecule has 2 nitrogen and oxygen atoms in total. The van der Waals surface area contributed by atoms with Crippen LogP contribution in [-0.4, -0.2) is 5.11 Å². The molecule has 0 fully saturated rings. The van der Waals surface area contributed by atoms with Gasteiger partial charge in [-0.25, -0.2) is 0 Å². The summed E-state index contributed by atoms with van der Waals surface area (Å²) in [5, 5.41) is 9.49. The number of rotatable bonds is 1. The molecule has 0 atom stereocenters. The number of aromatic hydroxyl groups is 1. The molecule has 0 unspecified atom stereocenters. The molecular weight excluding hydrogens is 230 g/mol. The lowest BCUT2D eigenvalue weighted by Gasteiger charge is -2.22. The molecule has 0 heterocycles. The van der Waals surface area contributed by atoms with Crippen LogP contribution in [-0.2, 0) is 5.54 Å². The minimum absolute atomic E-state index is 0.235. The van der Waals surface area contributed by atoms with Crippen LogP contribution in [0.1, 0.15) is 25.0 Å². The molecular formula is C10H14BrNO. The number of halogens is 1. The topological polar surface area (TPSA) is 46.2 Å². The van der Waals surface area contributed by atoms with Crippen LogP contribution in [0.3, 0.4) is 0 Å². The van der Waals surface area contributed by atoms with Crippen LogP contribution in [0.15, 0.2) is 16.6 Å². The van der Waals surface area contributed by atoms with Gasteiger partial charge in [-0.1, -0.05) is 0 Å². The van der Waals surface area contributed by atoms with E-state index in [1.165, 1.54) is 0 Å². The second kappa shape index (κ2) is 3.31. The first kappa shape index (κ1) is 10.5. The fourth-order valence-electron chi connectivity index (χ4n) is 1.36. The van der Waals surface area contributed by atoms with Crippen LogP contribution >= 0.6 is 15.9 Å². The van der Waals surface area contributed by atoms with Gasteiger partial charge in [0.25, 0.3) is 0 Å². The lowest BCUT2D eigenvalue weighted by Crippen LogP contribution is -2.29. The number of phenols is 1. The zero-order chi connectivity index (χ0) is 10.2. The number of hydrogen-bond donors (Lipinski definition) is 2. The highest BCUT2D eigenvalue weighted by Gasteiger charge is 2.18. The van der Waals surface area contributed by atoms with Crippen LogP contribution in [0.25, 0.3) is 0 Å². The average Bonchev–Trinajstić information content (AvgIpc) is 1.94. The second-order valence-electron chi connectivity index (χ2n) is 3.84. The normalized spacial score (nSPS) is 11.8. The molecule has 0 spiro atoms. The number of phenolic OH excluding ortho intramolecular Hbond substituents is 1. The molecule has 0 saturated carbocycles. The molecule has 1 rings (SSSR count). The summed E-state index contributed by atoms with van der Waals surface area (Å²) in [4.78, 5) is 0. The lowest BCUT2D eigenvalue weighted by atomic mass is 9.91. The van der Waals surface area contributed by atoms with E-state index in [0.29, 0.717) is 4.47 Å². The molecule has 72 valence electrons. The fraction of sp³-hybridized carbons (Fsp3) is 0.400. The van der Waals surface area contributed by atoms with E-state index in [0.717, 1.165) is 11.1 Å². The van der Waals surface area contributed by atoms with Crippen molar-refractivity contribution in [1.82, 2.24) is 0 Å². The minimum atomic E-state index is -0.414. The highest BCUT2D eigenvalue weighted by molar-refractivity contribution is 9.10. The van der Waals surface area contributed by atoms with Crippen molar-refractivity contribution in [3.8, 4) is 5.75 Å². The molecule has 3 heteroatoms. The molecule has 0 saturated heterocycles. The smallest absolute Gasteiger partial charge is 0.130 e. The monoisotopic (exact) mass is 243 g/mol. The van der Waals surface area contributed by atoms with Gasteiger partial charge in [-0.3, -0.25) is 0 Å². The third kappa shape index (κ3) is 2.23. The maximum atomic E-state index is 9.49. The van der Waals surface area contributed by atoms with E-state index in [2.05, 4.69) is 15.9 Å². The van der Waals surface area contributed by atoms with Crippen molar-refractivity contribution >= 4 is 15.9 Å². The molecule has 0 amide bonds. The highest BCUT2D eigenvalue weighted by atomic mass is 79.9. The standard InChI is InChI=1S/C10H14BrNO/c1-6-4-8(11)9(13)5-7(6)10(2,3)12/h4-5,13H,12H2,1-3H3. The number of hydrogen-bond acceptors (Lipinski definition) is 2. The largest absolute Gasteiger partial charge is 0.507 e. The Kier molecular flexibility index (Phi) is 2.68. The van der Waals surface area contributed by atoms with Crippen molar-refractivity contribution in [2.45, 2.75) is 26.3 Å². The van der Waals surface area contributed by atoms with E-state index < -0.39 is 5.54 Å². The SMILES string of the molecule is Cc1cc(Br)c(O)cc1C(C)(C)N. The Morgan fingerprint density at radius 2 is 1.92 bits per heavy atom. The zero-order valence-corrected chi connectivity index (χ0v) is 9.64. The molecule has 1 aromatic rings. The van der Waals surface area contributed by atoms with Crippen LogP contribution < -0.4 is 5.73 Å². The van der Waals surface area contributed by atoms with Gasteiger partial charge in [0, 0.05) is 5.54 Å². The van der Waals surface area contributed by atoms with Crippen molar-refractivity contribution in [3.63, 3.8) is 0 Å². The zero-order valence-electron chi connectivity index (χ0n) is 8.06. The molecule has 0 radical (unpaired) electrons. The van der Waals surface area contributed by atoms with Gasteiger partial charge in [0.05, 0.1) is 4.47 Å². The van der Waals surface area contributed by atoms with Crippen molar-refractivity contribution in [3.05, 3.63) is 27.7 Å². The number of benzene rings is 1. The predicted octanol–water partition coefficient (Wildman–Crippen LogP) is 2.66. The first-order chi connectivity index (χ1) is 5.82. The molecule has 0 aliphatic carbocycles. The number of nitrogens with two attached hydrogens (primary N) is 1. The summed E-state index contributed by atoms with van der Waals surface area (Å²) in [5.41, 5.74) is 7.58. The Morgan fingerprint density at radius 1 is 1.38 bits per heavy atom. The fourth-order valence-corrected chi connectivity index (χ4v) is 1.81. The molecule has 13 heavy (non-hydrogen) atoms. The summed E-state index contributed by atoms with van der Waals surface area (Å²) >= 11 is 3.26. The van der Waals surface area contributed by atoms with Gasteiger partial charge >= 0.3 is 0 Å². The van der Waals surface area contributed by atoms with E-state index in [1.807, 2.05) is 26.8 Å². The molecule has 0 aromatic heterocycles. The van der Waals surface area contributed by atoms with Crippen molar-refractivity contribution in [2.75, 3.05) is 0 Å². The molecule has 1 aromatic carbocycles. The van der Waals surface area contributed by atoms with Crippen molar-refractivity contribution < 1.29 is 5.11 Å². The summed E-state index contributed by atoms with van der Waals surface area (Å²) in [7, 11) is 0. The summed E-state index contributed by atoms with van der Waals surface area (Å²) in [5.74, 6) is 0.235. The van der Waals surface area contributed by atoms with Crippen molar-refractivity contribution in [1.29, 1.82) is 0 Å². The number of aryl methyl sites for hydroxylation is 1. The summed E-state index contributed by atoms with van der Waals surface area (Å²) in [6.45, 7) is 5.82. The van der Waals surface area contributed by atoms with Gasteiger partial charge in [0.1, 0.15) is 5.75 Å². The van der Waals surface area contributed by atoms with Crippen LogP contribution in [0, 0.1) is 6.92 Å². The third-order valence-corrected chi connectivity index (χ3v) is 2.62. The molecule has 0 aliphatic rings. The Hall–Kier alpha value is -0.540. The predicted molar refractivity (Wildman–Crippen MR) is 57.8 cm³/mol. The third-order valence-electron chi connectivity index (χ3n) is 1.99. The van der Waals surface area contributed by atoms with Crippen molar-refractivity contribution in [2.24, 2.45) is 5.73 Å². The van der Waals surface area contributed by atoms with Crippen LogP contribution in [0.4, 0.5) is 0 Å². The average molecular weight is 244 g/mol. The van der Waals surface area contributed by atoms with Gasteiger partial charge in [-0.05, 0) is 60.0 Å². The van der Waals surface area contributed by atoms with E-state index >= 15 is 0 Å². The van der Waals surface area contributed by atoms with E-state index in [1.54, 1.807) is 6.07 Å². The molecule has 0 aliphatic heterocycles. The Bertz CT molecular complexity index is 328. The first-order valence-electron chi connectivity index (χ1n) is 4.11. The lowest BCUT2D eigenvalue weighted by molar-refractivity contribution is 0.465. The van der Waals surface area contributed by atoms with Gasteiger partial charge in [0.15, 0.2) is 0 Å². The summed E-state index contributed by atoms with van der Waals surface area (Å²) < 4.78 is 0.706. The van der Waals surface area contributed by atoms with E-state index in [9.17, 15) is 5.11 Å². The van der Waals surface area contributed by atoms with Gasteiger partial charge < -0.3 is 10.8 Å². The quantitative estimate of drug-likeness (QED) is 0.797. The Labute approximate surface area is 86.9 Å². The Morgan fingerprint density at radius 3 is 2.38 bits per heavy atom. The van der Waals surface area contributed by atoms with Crippen LogP contribution in [0.2, 0.25) is 0 Å². The maximum absolute atomic E-state index is 9.49. The van der Waals surface area contributed by atoms with E-state index in [-0.39, 0.29) is 5.75 Å².